The Bertz CT molecular complexity index is 473. The molecule has 2 unspecified atom stereocenters. The number of non-ortho nitro benzene ring substituents is 1. The molecule has 1 aliphatic rings. The number of nitrogens with one attached hydrogen (secondary N) is 2. The van der Waals surface area contributed by atoms with Crippen molar-refractivity contribution in [1.82, 2.24) is 5.32 Å². The first kappa shape index (κ1) is 14.6. The predicted molar refractivity (Wildman–Crippen MR) is 78.4 cm³/mol. The molecule has 1 heterocycles. The maximum Gasteiger partial charge on any atom is 0.271 e. The summed E-state index contributed by atoms with van der Waals surface area (Å²) in [5.74, 6) is 0.627. The highest BCUT2D eigenvalue weighted by molar-refractivity contribution is 5.61. The van der Waals surface area contributed by atoms with E-state index in [1.807, 2.05) is 0 Å². The molecule has 6 heteroatoms. The van der Waals surface area contributed by atoms with E-state index in [0.717, 1.165) is 13.0 Å². The Labute approximate surface area is 118 Å². The molecule has 2 rings (SSSR count). The maximum atomic E-state index is 10.8. The summed E-state index contributed by atoms with van der Waals surface area (Å²) < 4.78 is 5.25. The first-order valence-corrected chi connectivity index (χ1v) is 6.92. The van der Waals surface area contributed by atoms with Crippen LogP contribution < -0.4 is 15.4 Å². The molecule has 0 aromatic heterocycles. The normalized spacial score (nSPS) is 19.6. The topological polar surface area (TPSA) is 76.4 Å². The van der Waals surface area contributed by atoms with Crippen molar-refractivity contribution < 1.29 is 9.66 Å². The third-order valence-corrected chi connectivity index (χ3v) is 3.60. The number of ether oxygens (including phenoxy) is 1. The first-order chi connectivity index (χ1) is 9.60. The monoisotopic (exact) mass is 279 g/mol. The number of hydrogen-bond acceptors (Lipinski definition) is 5. The zero-order valence-electron chi connectivity index (χ0n) is 11.9. The summed E-state index contributed by atoms with van der Waals surface area (Å²) in [6.45, 7) is 3.16. The van der Waals surface area contributed by atoms with E-state index in [1.165, 1.54) is 25.0 Å². The van der Waals surface area contributed by atoms with Crippen LogP contribution >= 0.6 is 0 Å². The SMILES string of the molecule is COc1ccc([N+](=O)[O-])cc1NC(C)CC1CCCN1. The van der Waals surface area contributed by atoms with Gasteiger partial charge in [0, 0.05) is 24.2 Å². The van der Waals surface area contributed by atoms with Crippen LogP contribution in [0.5, 0.6) is 5.75 Å². The Morgan fingerprint density at radius 1 is 1.60 bits per heavy atom. The molecule has 0 bridgehead atoms. The van der Waals surface area contributed by atoms with Gasteiger partial charge in [0.25, 0.3) is 5.69 Å². The molecule has 0 saturated carbocycles. The van der Waals surface area contributed by atoms with E-state index >= 15 is 0 Å². The molecule has 0 aliphatic carbocycles. The predicted octanol–water partition coefficient (Wildman–Crippen LogP) is 2.55. The quantitative estimate of drug-likeness (QED) is 0.618. The molecule has 110 valence electrons. The molecule has 20 heavy (non-hydrogen) atoms. The lowest BCUT2D eigenvalue weighted by atomic mass is 10.1. The second-order valence-electron chi connectivity index (χ2n) is 5.22. The number of methoxy groups -OCH3 is 1. The molecule has 1 fully saturated rings. The minimum Gasteiger partial charge on any atom is -0.495 e. The zero-order valence-corrected chi connectivity index (χ0v) is 11.9. The average molecular weight is 279 g/mol. The highest BCUT2D eigenvalue weighted by Gasteiger charge is 2.18. The van der Waals surface area contributed by atoms with E-state index in [2.05, 4.69) is 17.6 Å². The maximum absolute atomic E-state index is 10.8. The summed E-state index contributed by atoms with van der Waals surface area (Å²) in [6, 6.07) is 5.36. The van der Waals surface area contributed by atoms with Gasteiger partial charge in [-0.25, -0.2) is 0 Å². The van der Waals surface area contributed by atoms with Crippen LogP contribution in [0.25, 0.3) is 0 Å². The molecule has 1 aliphatic heterocycles. The standard InChI is InChI=1S/C14H21N3O3/c1-10(8-11-4-3-7-15-11)16-13-9-12(17(18)19)5-6-14(13)20-2/h5-6,9-11,15-16H,3-4,7-8H2,1-2H3. The number of nitro groups is 1. The molecule has 0 amide bonds. The highest BCUT2D eigenvalue weighted by atomic mass is 16.6. The van der Waals surface area contributed by atoms with E-state index < -0.39 is 4.92 Å². The van der Waals surface area contributed by atoms with Gasteiger partial charge in [-0.05, 0) is 38.8 Å². The fourth-order valence-corrected chi connectivity index (χ4v) is 2.63. The molecule has 6 nitrogen and oxygen atoms in total. The van der Waals surface area contributed by atoms with Gasteiger partial charge in [-0.2, -0.15) is 0 Å². The van der Waals surface area contributed by atoms with Crippen molar-refractivity contribution in [2.75, 3.05) is 19.0 Å². The van der Waals surface area contributed by atoms with Crippen LogP contribution in [0, 0.1) is 10.1 Å². The van der Waals surface area contributed by atoms with Gasteiger partial charge in [0.05, 0.1) is 17.7 Å². The largest absolute Gasteiger partial charge is 0.495 e. The molecule has 1 aromatic carbocycles. The molecule has 0 spiro atoms. The van der Waals surface area contributed by atoms with Crippen LogP contribution in [0.4, 0.5) is 11.4 Å². The summed E-state index contributed by atoms with van der Waals surface area (Å²) in [5, 5.41) is 17.6. The van der Waals surface area contributed by atoms with Crippen molar-refractivity contribution in [3.8, 4) is 5.75 Å². The molecular weight excluding hydrogens is 258 g/mol. The number of rotatable bonds is 6. The number of nitro benzene ring substituents is 1. The van der Waals surface area contributed by atoms with Crippen LogP contribution in [-0.4, -0.2) is 30.7 Å². The van der Waals surface area contributed by atoms with Gasteiger partial charge in [0.15, 0.2) is 0 Å². The van der Waals surface area contributed by atoms with Crippen molar-refractivity contribution >= 4 is 11.4 Å². The molecule has 2 N–H and O–H groups in total. The van der Waals surface area contributed by atoms with Gasteiger partial charge in [0.2, 0.25) is 0 Å². The average Bonchev–Trinajstić information content (AvgIpc) is 2.91. The number of nitrogens with zero attached hydrogens (tertiary/aromatic N) is 1. The van der Waals surface area contributed by atoms with Gasteiger partial charge in [-0.3, -0.25) is 10.1 Å². The van der Waals surface area contributed by atoms with Crippen molar-refractivity contribution in [3.05, 3.63) is 28.3 Å². The van der Waals surface area contributed by atoms with Crippen LogP contribution in [0.1, 0.15) is 26.2 Å². The Kier molecular flexibility index (Phi) is 4.79. The van der Waals surface area contributed by atoms with E-state index in [9.17, 15) is 10.1 Å². The Morgan fingerprint density at radius 2 is 2.40 bits per heavy atom. The smallest absolute Gasteiger partial charge is 0.271 e. The number of benzene rings is 1. The third kappa shape index (κ3) is 3.60. The molecule has 1 aromatic rings. The van der Waals surface area contributed by atoms with Gasteiger partial charge in [0.1, 0.15) is 5.75 Å². The fourth-order valence-electron chi connectivity index (χ4n) is 2.63. The second-order valence-corrected chi connectivity index (χ2v) is 5.22. The Hall–Kier alpha value is -1.82. The lowest BCUT2D eigenvalue weighted by molar-refractivity contribution is -0.384. The van der Waals surface area contributed by atoms with Crippen molar-refractivity contribution in [2.45, 2.75) is 38.3 Å². The van der Waals surface area contributed by atoms with Gasteiger partial charge in [-0.15, -0.1) is 0 Å². The highest BCUT2D eigenvalue weighted by Crippen LogP contribution is 2.30. The van der Waals surface area contributed by atoms with Crippen molar-refractivity contribution in [1.29, 1.82) is 0 Å². The van der Waals surface area contributed by atoms with Crippen LogP contribution in [0.15, 0.2) is 18.2 Å². The summed E-state index contributed by atoms with van der Waals surface area (Å²) in [4.78, 5) is 10.4. The summed E-state index contributed by atoms with van der Waals surface area (Å²) >= 11 is 0. The number of anilines is 1. The van der Waals surface area contributed by atoms with E-state index in [4.69, 9.17) is 4.74 Å². The van der Waals surface area contributed by atoms with Gasteiger partial charge < -0.3 is 15.4 Å². The van der Waals surface area contributed by atoms with E-state index in [-0.39, 0.29) is 11.7 Å². The third-order valence-electron chi connectivity index (χ3n) is 3.60. The minimum absolute atomic E-state index is 0.0690. The molecule has 0 radical (unpaired) electrons. The Morgan fingerprint density at radius 3 is 3.00 bits per heavy atom. The number of hydrogen-bond donors (Lipinski definition) is 2. The van der Waals surface area contributed by atoms with E-state index in [1.54, 1.807) is 13.2 Å². The van der Waals surface area contributed by atoms with Crippen molar-refractivity contribution in [2.24, 2.45) is 0 Å². The molecular formula is C14H21N3O3. The summed E-state index contributed by atoms with van der Waals surface area (Å²) in [5.41, 5.74) is 0.742. The lowest BCUT2D eigenvalue weighted by Gasteiger charge is -2.20. The molecule has 2 atom stereocenters. The van der Waals surface area contributed by atoms with E-state index in [0.29, 0.717) is 17.5 Å². The summed E-state index contributed by atoms with van der Waals surface area (Å²) in [7, 11) is 1.57. The van der Waals surface area contributed by atoms with Crippen LogP contribution in [0.2, 0.25) is 0 Å². The van der Waals surface area contributed by atoms with Gasteiger partial charge >= 0.3 is 0 Å². The summed E-state index contributed by atoms with van der Waals surface area (Å²) in [6.07, 6.45) is 3.40. The lowest BCUT2D eigenvalue weighted by Crippen LogP contribution is -2.29. The molecule has 1 saturated heterocycles. The van der Waals surface area contributed by atoms with Crippen LogP contribution in [0.3, 0.4) is 0 Å². The van der Waals surface area contributed by atoms with Crippen LogP contribution in [-0.2, 0) is 0 Å². The zero-order chi connectivity index (χ0) is 14.5. The fraction of sp³-hybridized carbons (Fsp3) is 0.571. The van der Waals surface area contributed by atoms with Crippen molar-refractivity contribution in [3.63, 3.8) is 0 Å². The minimum atomic E-state index is -0.395. The van der Waals surface area contributed by atoms with Gasteiger partial charge in [-0.1, -0.05) is 0 Å². The second kappa shape index (κ2) is 6.56. The Balaban J connectivity index is 2.05. The first-order valence-electron chi connectivity index (χ1n) is 6.92.